The van der Waals surface area contributed by atoms with Gasteiger partial charge in [-0.05, 0) is 31.7 Å². The molecule has 0 atom stereocenters. The van der Waals surface area contributed by atoms with Crippen LogP contribution in [0.2, 0.25) is 0 Å². The van der Waals surface area contributed by atoms with E-state index in [1.54, 1.807) is 7.11 Å². The smallest absolute Gasteiger partial charge is 0.365 e. The normalized spacial score (nSPS) is 19.1. The lowest BCUT2D eigenvalue weighted by Crippen LogP contribution is -2.29. The highest BCUT2D eigenvalue weighted by atomic mass is 16.5. The summed E-state index contributed by atoms with van der Waals surface area (Å²) in [6, 6.07) is 8.14. The lowest BCUT2D eigenvalue weighted by atomic mass is 9.93. The summed E-state index contributed by atoms with van der Waals surface area (Å²) in [6.45, 7) is 0.643. The van der Waals surface area contributed by atoms with Gasteiger partial charge < -0.3 is 20.5 Å². The van der Waals surface area contributed by atoms with Crippen molar-refractivity contribution in [1.82, 2.24) is 9.97 Å². The van der Waals surface area contributed by atoms with Crippen LogP contribution in [-0.2, 0) is 6.42 Å². The van der Waals surface area contributed by atoms with Crippen molar-refractivity contribution < 1.29 is 14.8 Å². The zero-order valence-electron chi connectivity index (χ0n) is 15.4. The van der Waals surface area contributed by atoms with Crippen LogP contribution < -0.4 is 20.4 Å². The standard InChI is InChI=1S/C19H24N6O2/c1-27-17-4-2-3-14(23-17)9-10-21-19-22-12-13(11-20)18(25-19)24-15-5-7-16(26)8-6-15/h2-4,12,15-16,26H,5-10H2,1H3,(H2,21,22,24,25)/p+1. The number of H-pyrrole nitrogens is 1. The fraction of sp³-hybridized carbons (Fsp3) is 0.474. The van der Waals surface area contributed by atoms with Gasteiger partial charge in [0.05, 0.1) is 25.5 Å². The number of aliphatic hydroxyl groups excluding tert-OH is 1. The molecule has 0 bridgehead atoms. The molecule has 0 unspecified atom stereocenters. The minimum Gasteiger partial charge on any atom is -0.448 e. The molecule has 27 heavy (non-hydrogen) atoms. The molecule has 142 valence electrons. The summed E-state index contributed by atoms with van der Waals surface area (Å²) < 4.78 is 5.18. The van der Waals surface area contributed by atoms with Crippen LogP contribution in [0, 0.1) is 11.3 Å². The number of ether oxygens (including phenoxy) is 1. The number of aliphatic hydroxyl groups is 1. The van der Waals surface area contributed by atoms with Gasteiger partial charge in [0.1, 0.15) is 17.5 Å². The van der Waals surface area contributed by atoms with Crippen molar-refractivity contribution in [2.24, 2.45) is 0 Å². The fourth-order valence-corrected chi connectivity index (χ4v) is 3.14. The molecular formula is C19H25N6O2+. The number of hydrogen-bond acceptors (Lipinski definition) is 7. The molecule has 2 aromatic heterocycles. The summed E-state index contributed by atoms with van der Waals surface area (Å²) in [5.74, 6) is 1.74. The highest BCUT2D eigenvalue weighted by Crippen LogP contribution is 2.23. The number of methoxy groups -OCH3 is 1. The van der Waals surface area contributed by atoms with E-state index in [1.807, 2.05) is 18.2 Å². The van der Waals surface area contributed by atoms with Crippen molar-refractivity contribution in [3.8, 4) is 11.9 Å². The third-order valence-corrected chi connectivity index (χ3v) is 4.67. The van der Waals surface area contributed by atoms with Crippen LogP contribution in [0.1, 0.15) is 36.9 Å². The second kappa shape index (κ2) is 9.14. The Morgan fingerprint density at radius 2 is 2.15 bits per heavy atom. The molecule has 0 aliphatic heterocycles. The minimum atomic E-state index is -0.213. The van der Waals surface area contributed by atoms with Crippen molar-refractivity contribution in [2.45, 2.75) is 44.2 Å². The number of pyridine rings is 1. The quantitative estimate of drug-likeness (QED) is 0.677. The van der Waals surface area contributed by atoms with E-state index in [1.165, 1.54) is 6.20 Å². The average molecular weight is 369 g/mol. The first-order chi connectivity index (χ1) is 13.2. The number of aromatic nitrogens is 3. The van der Waals surface area contributed by atoms with Gasteiger partial charge in [-0.3, -0.25) is 0 Å². The van der Waals surface area contributed by atoms with E-state index in [0.29, 0.717) is 29.8 Å². The molecule has 4 N–H and O–H groups in total. The largest absolute Gasteiger partial charge is 0.448 e. The van der Waals surface area contributed by atoms with Crippen LogP contribution in [0.3, 0.4) is 0 Å². The SMILES string of the molecule is COc1cccc(CCNc2ncc(C#N)c(NC3CCC(O)CC3)n2)[nH+]1. The molecule has 3 rings (SSSR count). The number of rotatable bonds is 7. The van der Waals surface area contributed by atoms with Crippen LogP contribution in [-0.4, -0.2) is 40.9 Å². The van der Waals surface area contributed by atoms with Gasteiger partial charge in [0, 0.05) is 25.1 Å². The number of aromatic amines is 1. The van der Waals surface area contributed by atoms with Crippen LogP contribution in [0.25, 0.3) is 0 Å². The van der Waals surface area contributed by atoms with E-state index in [-0.39, 0.29) is 12.1 Å². The molecule has 1 aliphatic rings. The van der Waals surface area contributed by atoms with E-state index in [0.717, 1.165) is 37.8 Å². The maximum Gasteiger partial charge on any atom is 0.365 e. The molecular weight excluding hydrogens is 344 g/mol. The van der Waals surface area contributed by atoms with Gasteiger partial charge in [0.15, 0.2) is 5.69 Å². The maximum absolute atomic E-state index is 9.64. The molecule has 0 saturated heterocycles. The second-order valence-electron chi connectivity index (χ2n) is 6.64. The van der Waals surface area contributed by atoms with Crippen molar-refractivity contribution >= 4 is 11.8 Å². The Kier molecular flexibility index (Phi) is 6.39. The third-order valence-electron chi connectivity index (χ3n) is 4.67. The predicted octanol–water partition coefficient (Wildman–Crippen LogP) is 1.54. The molecule has 2 heterocycles. The average Bonchev–Trinajstić information content (AvgIpc) is 2.70. The van der Waals surface area contributed by atoms with Gasteiger partial charge in [-0.1, -0.05) is 0 Å². The van der Waals surface area contributed by atoms with Gasteiger partial charge in [0.25, 0.3) is 0 Å². The Morgan fingerprint density at radius 1 is 1.33 bits per heavy atom. The number of nitriles is 1. The molecule has 8 heteroatoms. The Bertz CT molecular complexity index is 799. The van der Waals surface area contributed by atoms with E-state index < -0.39 is 0 Å². The summed E-state index contributed by atoms with van der Waals surface area (Å²) in [7, 11) is 1.63. The van der Waals surface area contributed by atoms with Crippen LogP contribution >= 0.6 is 0 Å². The van der Waals surface area contributed by atoms with Crippen LogP contribution in [0.15, 0.2) is 24.4 Å². The molecule has 1 fully saturated rings. The van der Waals surface area contributed by atoms with Crippen LogP contribution in [0.4, 0.5) is 11.8 Å². The molecule has 0 aromatic carbocycles. The first kappa shape index (κ1) is 18.9. The number of hydrogen-bond donors (Lipinski definition) is 3. The molecule has 2 aromatic rings. The summed E-state index contributed by atoms with van der Waals surface area (Å²) in [5.41, 5.74) is 1.46. The van der Waals surface area contributed by atoms with E-state index in [9.17, 15) is 10.4 Å². The highest BCUT2D eigenvalue weighted by molar-refractivity contribution is 5.53. The molecule has 0 spiro atoms. The van der Waals surface area contributed by atoms with Crippen molar-refractivity contribution in [2.75, 3.05) is 24.3 Å². The van der Waals surface area contributed by atoms with Crippen molar-refractivity contribution in [3.05, 3.63) is 35.7 Å². The van der Waals surface area contributed by atoms with Crippen molar-refractivity contribution in [1.29, 1.82) is 5.26 Å². The summed E-state index contributed by atoms with van der Waals surface area (Å²) >= 11 is 0. The lowest BCUT2D eigenvalue weighted by molar-refractivity contribution is -0.404. The molecule has 1 aliphatic carbocycles. The zero-order valence-corrected chi connectivity index (χ0v) is 15.4. The first-order valence-corrected chi connectivity index (χ1v) is 9.18. The molecule has 8 nitrogen and oxygen atoms in total. The van der Waals surface area contributed by atoms with E-state index >= 15 is 0 Å². The summed E-state index contributed by atoms with van der Waals surface area (Å²) in [4.78, 5) is 11.9. The second-order valence-corrected chi connectivity index (χ2v) is 6.64. The zero-order chi connectivity index (χ0) is 19.1. The third kappa shape index (κ3) is 5.28. The van der Waals surface area contributed by atoms with E-state index in [4.69, 9.17) is 4.74 Å². The van der Waals surface area contributed by atoms with Crippen molar-refractivity contribution in [3.63, 3.8) is 0 Å². The lowest BCUT2D eigenvalue weighted by Gasteiger charge is -2.26. The topological polar surface area (TPSA) is 117 Å². The number of nitrogens with zero attached hydrogens (tertiary/aromatic N) is 3. The van der Waals surface area contributed by atoms with Gasteiger partial charge in [-0.15, -0.1) is 0 Å². The number of nitrogens with one attached hydrogen (secondary N) is 3. The Hall–Kier alpha value is -2.92. The number of anilines is 2. The molecule has 0 amide bonds. The Morgan fingerprint density at radius 3 is 2.89 bits per heavy atom. The Balaban J connectivity index is 1.59. The van der Waals surface area contributed by atoms with Gasteiger partial charge in [0.2, 0.25) is 5.95 Å². The fourth-order valence-electron chi connectivity index (χ4n) is 3.14. The Labute approximate surface area is 158 Å². The minimum absolute atomic E-state index is 0.213. The van der Waals surface area contributed by atoms with E-state index in [2.05, 4.69) is 31.7 Å². The van der Waals surface area contributed by atoms with Gasteiger partial charge in [-0.2, -0.15) is 15.2 Å². The molecule has 1 saturated carbocycles. The maximum atomic E-state index is 9.64. The summed E-state index contributed by atoms with van der Waals surface area (Å²) in [5, 5.41) is 25.5. The van der Waals surface area contributed by atoms with Crippen LogP contribution in [0.5, 0.6) is 5.88 Å². The predicted molar refractivity (Wildman–Crippen MR) is 100 cm³/mol. The first-order valence-electron chi connectivity index (χ1n) is 9.18. The summed E-state index contributed by atoms with van der Waals surface area (Å²) in [6.07, 6.45) is 5.35. The monoisotopic (exact) mass is 369 g/mol. The van der Waals surface area contributed by atoms with Gasteiger partial charge >= 0.3 is 5.88 Å². The molecule has 0 radical (unpaired) electrons. The highest BCUT2D eigenvalue weighted by Gasteiger charge is 2.20. The van der Waals surface area contributed by atoms with Gasteiger partial charge in [-0.25, -0.2) is 4.98 Å².